The smallest absolute Gasteiger partial charge is 0.340 e. The van der Waals surface area contributed by atoms with Gasteiger partial charge in [0.25, 0.3) is 0 Å². The van der Waals surface area contributed by atoms with Crippen molar-refractivity contribution in [3.8, 4) is 5.75 Å². The molecule has 0 fully saturated rings. The van der Waals surface area contributed by atoms with Crippen LogP contribution in [0.2, 0.25) is 0 Å². The molecule has 5 nitrogen and oxygen atoms in total. The zero-order valence-electron chi connectivity index (χ0n) is 8.97. The molecule has 1 rings (SSSR count). The van der Waals surface area contributed by atoms with Crippen molar-refractivity contribution in [2.24, 2.45) is 0 Å². The van der Waals surface area contributed by atoms with Crippen LogP contribution in [0.4, 0.5) is 0 Å². The first kappa shape index (κ1) is 12.2. The van der Waals surface area contributed by atoms with Crippen molar-refractivity contribution in [3.05, 3.63) is 29.8 Å². The summed E-state index contributed by atoms with van der Waals surface area (Å²) in [6.07, 6.45) is -1.18. The zero-order valence-corrected chi connectivity index (χ0v) is 8.97. The van der Waals surface area contributed by atoms with E-state index in [4.69, 9.17) is 9.84 Å². The average Bonchev–Trinajstić information content (AvgIpc) is 2.28. The third-order valence-corrected chi connectivity index (χ3v) is 1.83. The summed E-state index contributed by atoms with van der Waals surface area (Å²) in [6.45, 7) is 1.31. The highest BCUT2D eigenvalue weighted by Crippen LogP contribution is 2.13. The van der Waals surface area contributed by atoms with Gasteiger partial charge in [0, 0.05) is 0 Å². The molecule has 0 aliphatic heterocycles. The van der Waals surface area contributed by atoms with Gasteiger partial charge in [0.2, 0.25) is 0 Å². The Hall–Kier alpha value is -1.88. The molecule has 0 amide bonds. The number of hydrogen-bond acceptors (Lipinski definition) is 5. The highest BCUT2D eigenvalue weighted by Gasteiger charge is 2.12. The molecule has 0 aromatic heterocycles. The lowest BCUT2D eigenvalue weighted by Crippen LogP contribution is -2.22. The van der Waals surface area contributed by atoms with Gasteiger partial charge in [-0.2, -0.15) is 0 Å². The van der Waals surface area contributed by atoms with E-state index in [-0.39, 0.29) is 5.75 Å². The van der Waals surface area contributed by atoms with Gasteiger partial charge in [-0.3, -0.25) is 0 Å². The summed E-state index contributed by atoms with van der Waals surface area (Å²) in [5.74, 6) is -0.947. The molecule has 1 unspecified atom stereocenters. The molecule has 0 bridgehead atoms. The van der Waals surface area contributed by atoms with Crippen LogP contribution in [0.3, 0.4) is 0 Å². The van der Waals surface area contributed by atoms with Gasteiger partial charge in [-0.05, 0) is 31.2 Å². The van der Waals surface area contributed by atoms with E-state index in [0.29, 0.717) is 5.56 Å². The van der Waals surface area contributed by atoms with Gasteiger partial charge < -0.3 is 14.6 Å². The molecule has 0 spiro atoms. The first-order chi connectivity index (χ1) is 7.54. The minimum Gasteiger partial charge on any atom is -0.465 e. The number of aliphatic hydroxyl groups is 1. The second-order valence-electron chi connectivity index (χ2n) is 3.11. The lowest BCUT2D eigenvalue weighted by Gasteiger charge is -2.06. The molecule has 0 aliphatic carbocycles. The van der Waals surface area contributed by atoms with E-state index in [9.17, 15) is 9.59 Å². The van der Waals surface area contributed by atoms with E-state index in [2.05, 4.69) is 4.74 Å². The van der Waals surface area contributed by atoms with Crippen LogP contribution in [0.25, 0.3) is 0 Å². The quantitative estimate of drug-likeness (QED) is 0.606. The Balaban J connectivity index is 2.72. The minimum atomic E-state index is -1.18. The van der Waals surface area contributed by atoms with E-state index in [1.54, 1.807) is 0 Å². The van der Waals surface area contributed by atoms with Gasteiger partial charge in [-0.15, -0.1) is 0 Å². The Kier molecular flexibility index (Phi) is 4.02. The number of methoxy groups -OCH3 is 1. The summed E-state index contributed by atoms with van der Waals surface area (Å²) in [4.78, 5) is 22.1. The summed E-state index contributed by atoms with van der Waals surface area (Å²) in [5.41, 5.74) is 0.361. The molecule has 1 N–H and O–H groups in total. The van der Waals surface area contributed by atoms with Crippen LogP contribution in [-0.2, 0) is 9.53 Å². The largest absolute Gasteiger partial charge is 0.465 e. The standard InChI is InChI=1S/C11H12O5/c1-7(12)10(13)16-9-5-3-8(4-6-9)11(14)15-2/h3-7,12H,1-2H3. The molecule has 1 aromatic rings. The van der Waals surface area contributed by atoms with Crippen molar-refractivity contribution in [2.45, 2.75) is 13.0 Å². The molecule has 86 valence electrons. The fourth-order valence-electron chi connectivity index (χ4n) is 0.978. The first-order valence-electron chi connectivity index (χ1n) is 4.62. The highest BCUT2D eigenvalue weighted by atomic mass is 16.5. The molecule has 1 atom stereocenters. The van der Waals surface area contributed by atoms with Crippen LogP contribution >= 0.6 is 0 Å². The van der Waals surface area contributed by atoms with E-state index in [1.807, 2.05) is 0 Å². The molecular weight excluding hydrogens is 212 g/mol. The Bertz CT molecular complexity index is 380. The summed E-state index contributed by atoms with van der Waals surface area (Å²) in [6, 6.07) is 5.84. The molecule has 1 aromatic carbocycles. The molecule has 5 heteroatoms. The molecule has 16 heavy (non-hydrogen) atoms. The highest BCUT2D eigenvalue weighted by molar-refractivity contribution is 5.89. The van der Waals surface area contributed by atoms with Gasteiger partial charge in [-0.1, -0.05) is 0 Å². The third-order valence-electron chi connectivity index (χ3n) is 1.83. The summed E-state index contributed by atoms with van der Waals surface area (Å²) >= 11 is 0. The van der Waals surface area contributed by atoms with Gasteiger partial charge in [0.15, 0.2) is 0 Å². The number of esters is 2. The Morgan fingerprint density at radius 2 is 1.81 bits per heavy atom. The summed E-state index contributed by atoms with van der Waals surface area (Å²) in [5, 5.41) is 8.91. The number of benzene rings is 1. The number of carbonyl (C=O) groups excluding carboxylic acids is 2. The Labute approximate surface area is 92.6 Å². The van der Waals surface area contributed by atoms with Crippen LogP contribution in [0.15, 0.2) is 24.3 Å². The number of aliphatic hydroxyl groups excluding tert-OH is 1. The van der Waals surface area contributed by atoms with Gasteiger partial charge in [-0.25, -0.2) is 9.59 Å². The van der Waals surface area contributed by atoms with Crippen molar-refractivity contribution in [1.82, 2.24) is 0 Å². The lowest BCUT2D eigenvalue weighted by atomic mass is 10.2. The predicted molar refractivity (Wildman–Crippen MR) is 55.1 cm³/mol. The van der Waals surface area contributed by atoms with E-state index >= 15 is 0 Å². The monoisotopic (exact) mass is 224 g/mol. The van der Waals surface area contributed by atoms with E-state index in [0.717, 1.165) is 0 Å². The number of carbonyl (C=O) groups is 2. The van der Waals surface area contributed by atoms with Crippen LogP contribution in [-0.4, -0.2) is 30.3 Å². The van der Waals surface area contributed by atoms with Gasteiger partial charge >= 0.3 is 11.9 Å². The van der Waals surface area contributed by atoms with Crippen molar-refractivity contribution in [2.75, 3.05) is 7.11 Å². The zero-order chi connectivity index (χ0) is 12.1. The second kappa shape index (κ2) is 5.27. The van der Waals surface area contributed by atoms with Gasteiger partial charge in [0.05, 0.1) is 12.7 Å². The van der Waals surface area contributed by atoms with E-state index < -0.39 is 18.0 Å². The molecule has 0 saturated carbocycles. The van der Waals surface area contributed by atoms with Crippen LogP contribution in [0, 0.1) is 0 Å². The summed E-state index contributed by atoms with van der Waals surface area (Å²) in [7, 11) is 1.28. The second-order valence-corrected chi connectivity index (χ2v) is 3.11. The predicted octanol–water partition coefficient (Wildman–Crippen LogP) is 0.759. The van der Waals surface area contributed by atoms with Crippen molar-refractivity contribution in [1.29, 1.82) is 0 Å². The fourth-order valence-corrected chi connectivity index (χ4v) is 0.978. The van der Waals surface area contributed by atoms with E-state index in [1.165, 1.54) is 38.3 Å². The maximum absolute atomic E-state index is 11.1. The average molecular weight is 224 g/mol. The normalized spacial score (nSPS) is 11.7. The Morgan fingerprint density at radius 1 is 1.25 bits per heavy atom. The van der Waals surface area contributed by atoms with Crippen molar-refractivity contribution >= 4 is 11.9 Å². The third kappa shape index (κ3) is 3.06. The first-order valence-corrected chi connectivity index (χ1v) is 4.62. The molecule has 0 radical (unpaired) electrons. The number of ether oxygens (including phenoxy) is 2. The van der Waals surface area contributed by atoms with Crippen LogP contribution in [0.1, 0.15) is 17.3 Å². The number of hydrogen-bond donors (Lipinski definition) is 1. The molecule has 0 aliphatic rings. The SMILES string of the molecule is COC(=O)c1ccc(OC(=O)C(C)O)cc1. The maximum atomic E-state index is 11.1. The maximum Gasteiger partial charge on any atom is 0.340 e. The lowest BCUT2D eigenvalue weighted by molar-refractivity contribution is -0.142. The molecule has 0 saturated heterocycles. The van der Waals surface area contributed by atoms with Crippen LogP contribution < -0.4 is 4.74 Å². The topological polar surface area (TPSA) is 72.8 Å². The fraction of sp³-hybridized carbons (Fsp3) is 0.273. The van der Waals surface area contributed by atoms with Crippen molar-refractivity contribution in [3.63, 3.8) is 0 Å². The summed E-state index contributed by atoms with van der Waals surface area (Å²) < 4.78 is 9.31. The van der Waals surface area contributed by atoms with Crippen molar-refractivity contribution < 1.29 is 24.2 Å². The minimum absolute atomic E-state index is 0.263. The number of rotatable bonds is 3. The molecule has 0 heterocycles. The Morgan fingerprint density at radius 3 is 2.25 bits per heavy atom. The van der Waals surface area contributed by atoms with Crippen LogP contribution in [0.5, 0.6) is 5.75 Å². The van der Waals surface area contributed by atoms with Gasteiger partial charge in [0.1, 0.15) is 11.9 Å². The molecular formula is C11H12O5.